The van der Waals surface area contributed by atoms with Crippen LogP contribution in [0, 0.1) is 17.8 Å². The second-order valence-electron chi connectivity index (χ2n) is 14.3. The summed E-state index contributed by atoms with van der Waals surface area (Å²) < 4.78 is 23.5. The van der Waals surface area contributed by atoms with Crippen LogP contribution in [0.15, 0.2) is 23.8 Å². The van der Waals surface area contributed by atoms with Gasteiger partial charge in [-0.25, -0.2) is 4.79 Å². The van der Waals surface area contributed by atoms with Gasteiger partial charge in [-0.15, -0.1) is 0 Å². The van der Waals surface area contributed by atoms with Crippen LogP contribution in [0.25, 0.3) is 0 Å². The van der Waals surface area contributed by atoms with Crippen molar-refractivity contribution < 1.29 is 33.6 Å². The van der Waals surface area contributed by atoms with E-state index in [-0.39, 0.29) is 47.9 Å². The van der Waals surface area contributed by atoms with Crippen molar-refractivity contribution in [3.05, 3.63) is 23.8 Å². The van der Waals surface area contributed by atoms with Crippen LogP contribution in [0.3, 0.4) is 0 Å². The first kappa shape index (κ1) is 38.5. The van der Waals surface area contributed by atoms with Crippen molar-refractivity contribution in [2.24, 2.45) is 17.8 Å². The molecule has 10 atom stereocenters. The Hall–Kier alpha value is -1.98. The largest absolute Gasteiger partial charge is 0.449 e. The van der Waals surface area contributed by atoms with Crippen molar-refractivity contribution in [3.63, 3.8) is 0 Å². The van der Waals surface area contributed by atoms with E-state index in [1.54, 1.807) is 18.9 Å². The van der Waals surface area contributed by atoms with Crippen LogP contribution >= 0.6 is 0 Å². The number of nitrogens with zero attached hydrogens (tertiary/aromatic N) is 1. The molecule has 0 aromatic heterocycles. The SMILES string of the molecule is CNC1CCN(C(=O)OCCCCCC(=O)NCC2CC[C@H](C)[C@@H](/C(C)=C/C=C/[C@@H](C)C[C@@]3(C)O[C@@H]3[C@H](C)[C@@H](OC)[C@@H](C)O)O2)C1. The summed E-state index contributed by atoms with van der Waals surface area (Å²) in [6, 6.07) is 0.352. The second-order valence-corrected chi connectivity index (χ2v) is 14.3. The maximum absolute atomic E-state index is 12.5. The lowest BCUT2D eigenvalue weighted by molar-refractivity contribution is -0.123. The van der Waals surface area contributed by atoms with Gasteiger partial charge in [0.2, 0.25) is 5.91 Å². The van der Waals surface area contributed by atoms with E-state index in [2.05, 4.69) is 63.5 Å². The van der Waals surface area contributed by atoms with E-state index >= 15 is 0 Å². The quantitative estimate of drug-likeness (QED) is 0.108. The van der Waals surface area contributed by atoms with Gasteiger partial charge in [-0.05, 0) is 90.2 Å². The number of methoxy groups -OCH3 is 1. The highest BCUT2D eigenvalue weighted by atomic mass is 16.6. The number of epoxide rings is 1. The predicted octanol–water partition coefficient (Wildman–Crippen LogP) is 5.00. The van der Waals surface area contributed by atoms with Gasteiger partial charge in [-0.1, -0.05) is 39.0 Å². The van der Waals surface area contributed by atoms with Gasteiger partial charge in [0, 0.05) is 45.1 Å². The van der Waals surface area contributed by atoms with E-state index in [9.17, 15) is 14.7 Å². The highest BCUT2D eigenvalue weighted by Gasteiger charge is 2.56. The summed E-state index contributed by atoms with van der Waals surface area (Å²) in [6.45, 7) is 14.9. The number of aliphatic hydroxyl groups excluding tert-OH is 1. The van der Waals surface area contributed by atoms with Crippen LogP contribution in [0.4, 0.5) is 4.79 Å². The Balaban J connectivity index is 1.31. The van der Waals surface area contributed by atoms with E-state index in [4.69, 9.17) is 18.9 Å². The third-order valence-corrected chi connectivity index (χ3v) is 10.1. The molecule has 0 radical (unpaired) electrons. The van der Waals surface area contributed by atoms with Crippen LogP contribution in [0.2, 0.25) is 0 Å². The summed E-state index contributed by atoms with van der Waals surface area (Å²) >= 11 is 0. The van der Waals surface area contributed by atoms with E-state index in [0.717, 1.165) is 51.5 Å². The first-order valence-electron chi connectivity index (χ1n) is 17.6. The van der Waals surface area contributed by atoms with Crippen molar-refractivity contribution in [2.45, 2.75) is 135 Å². The van der Waals surface area contributed by atoms with Crippen LogP contribution in [0.1, 0.15) is 92.9 Å². The average molecular weight is 650 g/mol. The number of carbonyl (C=O) groups is 2. The molecule has 2 amide bonds. The summed E-state index contributed by atoms with van der Waals surface area (Å²) in [5.74, 6) is 0.916. The fraction of sp³-hybridized carbons (Fsp3) is 0.833. The molecule has 10 nitrogen and oxygen atoms in total. The minimum Gasteiger partial charge on any atom is -0.449 e. The molecular formula is C36H63N3O7. The highest BCUT2D eigenvalue weighted by molar-refractivity contribution is 5.75. The Kier molecular flexibility index (Phi) is 15.5. The molecule has 3 rings (SSSR count). The fourth-order valence-corrected chi connectivity index (χ4v) is 7.32. The maximum Gasteiger partial charge on any atom is 0.409 e. The Bertz CT molecular complexity index is 1020. The number of nitrogens with one attached hydrogen (secondary N) is 2. The molecule has 0 bridgehead atoms. The number of amides is 2. The molecule has 3 heterocycles. The zero-order valence-electron chi connectivity index (χ0n) is 29.8. The van der Waals surface area contributed by atoms with E-state index in [0.29, 0.717) is 44.0 Å². The minimum absolute atomic E-state index is 0.00682. The number of hydrogen-bond donors (Lipinski definition) is 3. The van der Waals surface area contributed by atoms with Gasteiger partial charge in [0.15, 0.2) is 0 Å². The normalized spacial score (nSPS) is 31.0. The molecule has 0 aromatic rings. The molecule has 0 spiro atoms. The lowest BCUT2D eigenvalue weighted by Gasteiger charge is -2.35. The van der Waals surface area contributed by atoms with Gasteiger partial charge in [0.05, 0.1) is 42.7 Å². The van der Waals surface area contributed by atoms with Gasteiger partial charge in [0.1, 0.15) is 0 Å². The molecular weight excluding hydrogens is 586 g/mol. The molecule has 3 N–H and O–H groups in total. The molecule has 3 aliphatic heterocycles. The number of likely N-dealkylation sites (tertiary alicyclic amines) is 1. The third kappa shape index (κ3) is 11.6. The van der Waals surface area contributed by atoms with Crippen molar-refractivity contribution >= 4 is 12.0 Å². The van der Waals surface area contributed by atoms with Gasteiger partial charge >= 0.3 is 6.09 Å². The molecule has 2 unspecified atom stereocenters. The van der Waals surface area contributed by atoms with Crippen molar-refractivity contribution in [1.29, 1.82) is 0 Å². The molecule has 0 saturated carbocycles. The Morgan fingerprint density at radius 2 is 1.91 bits per heavy atom. The topological polar surface area (TPSA) is 122 Å². The number of allylic oxidation sites excluding steroid dienone is 3. The predicted molar refractivity (Wildman–Crippen MR) is 181 cm³/mol. The smallest absolute Gasteiger partial charge is 0.409 e. The molecule has 3 aliphatic rings. The monoisotopic (exact) mass is 649 g/mol. The lowest BCUT2D eigenvalue weighted by Crippen LogP contribution is -2.41. The maximum atomic E-state index is 12.5. The summed E-state index contributed by atoms with van der Waals surface area (Å²) in [6.07, 6.45) is 12.3. The first-order chi connectivity index (χ1) is 21.9. The van der Waals surface area contributed by atoms with E-state index in [1.807, 2.05) is 7.05 Å². The molecule has 264 valence electrons. The van der Waals surface area contributed by atoms with Gasteiger partial charge in [0.25, 0.3) is 0 Å². The number of hydrogen-bond acceptors (Lipinski definition) is 8. The lowest BCUT2D eigenvalue weighted by atomic mass is 9.85. The minimum atomic E-state index is -0.535. The summed E-state index contributed by atoms with van der Waals surface area (Å²) in [5, 5.41) is 16.3. The zero-order valence-corrected chi connectivity index (χ0v) is 29.8. The number of likely N-dealkylation sites (N-methyl/N-ethyl adjacent to an activating group) is 1. The highest BCUT2D eigenvalue weighted by Crippen LogP contribution is 2.47. The first-order valence-corrected chi connectivity index (χ1v) is 17.6. The molecule has 0 aliphatic carbocycles. The van der Waals surface area contributed by atoms with Crippen LogP contribution < -0.4 is 10.6 Å². The van der Waals surface area contributed by atoms with Crippen molar-refractivity contribution in [2.75, 3.05) is 40.4 Å². The third-order valence-electron chi connectivity index (χ3n) is 10.1. The molecule has 0 aromatic carbocycles. The molecule has 3 saturated heterocycles. The van der Waals surface area contributed by atoms with E-state index in [1.165, 1.54) is 5.57 Å². The molecule has 46 heavy (non-hydrogen) atoms. The average Bonchev–Trinajstić information content (AvgIpc) is 3.43. The number of unbranched alkanes of at least 4 members (excludes halogenated alkanes) is 2. The van der Waals surface area contributed by atoms with E-state index < -0.39 is 6.10 Å². The van der Waals surface area contributed by atoms with Crippen LogP contribution in [-0.4, -0.2) is 105 Å². The Morgan fingerprint density at radius 1 is 1.15 bits per heavy atom. The molecule has 10 heteroatoms. The number of aliphatic hydroxyl groups is 1. The standard InChI is InChI=1S/C36H63N3O7/c1-24(21-36(6)34(46-36)27(4)33(43-8)28(5)40)13-12-14-25(2)32-26(3)16-17-30(45-32)22-38-31(41)15-10-9-11-20-44-35(42)39-19-18-29(23-39)37-7/h12-14,24,26-30,32-34,37,40H,9-11,15-23H2,1-8H3,(H,38,41)/b13-12+,25-14+/t24-,26+,27-,28-,29?,30?,32-,33-,34-,36-/m1/s1. The fourth-order valence-electron chi connectivity index (χ4n) is 7.32. The summed E-state index contributed by atoms with van der Waals surface area (Å²) in [5.41, 5.74) is 0.991. The number of carbonyl (C=O) groups excluding carboxylic acids is 2. The van der Waals surface area contributed by atoms with Crippen molar-refractivity contribution in [3.8, 4) is 0 Å². The zero-order chi connectivity index (χ0) is 33.9. The van der Waals surface area contributed by atoms with Crippen LogP contribution in [0.5, 0.6) is 0 Å². The van der Waals surface area contributed by atoms with Crippen LogP contribution in [-0.2, 0) is 23.7 Å². The van der Waals surface area contributed by atoms with Gasteiger partial charge < -0.3 is 39.6 Å². The van der Waals surface area contributed by atoms with Gasteiger partial charge in [-0.3, -0.25) is 4.79 Å². The number of rotatable bonds is 18. The van der Waals surface area contributed by atoms with Crippen molar-refractivity contribution in [1.82, 2.24) is 15.5 Å². The summed E-state index contributed by atoms with van der Waals surface area (Å²) in [4.78, 5) is 26.4. The van der Waals surface area contributed by atoms with Gasteiger partial charge in [-0.2, -0.15) is 0 Å². The Labute approximate surface area is 278 Å². The molecule has 3 fully saturated rings. The number of ether oxygens (including phenoxy) is 4. The second kappa shape index (κ2) is 18.5. The summed E-state index contributed by atoms with van der Waals surface area (Å²) in [7, 11) is 3.56. The Morgan fingerprint density at radius 3 is 2.59 bits per heavy atom.